The normalized spacial score (nSPS) is 18.3. The highest BCUT2D eigenvalue weighted by molar-refractivity contribution is 6.02. The van der Waals surface area contributed by atoms with Crippen LogP contribution in [0.4, 0.5) is 28.4 Å². The first-order valence-corrected chi connectivity index (χ1v) is 15.5. The molecule has 0 spiro atoms. The van der Waals surface area contributed by atoms with E-state index in [9.17, 15) is 14.4 Å². The number of hydrogen-bond donors (Lipinski definition) is 5. The average Bonchev–Trinajstić information content (AvgIpc) is 3.28. The van der Waals surface area contributed by atoms with E-state index in [0.29, 0.717) is 54.6 Å². The van der Waals surface area contributed by atoms with Crippen LogP contribution in [-0.2, 0) is 20.8 Å². The van der Waals surface area contributed by atoms with Gasteiger partial charge in [0.05, 0.1) is 22.7 Å². The lowest BCUT2D eigenvalue weighted by molar-refractivity contribution is -0.117. The van der Waals surface area contributed by atoms with E-state index < -0.39 is 0 Å². The van der Waals surface area contributed by atoms with Crippen LogP contribution in [0.2, 0.25) is 0 Å². The smallest absolute Gasteiger partial charge is 0.226 e. The summed E-state index contributed by atoms with van der Waals surface area (Å²) in [6.07, 6.45) is 1.10. The predicted octanol–water partition coefficient (Wildman–Crippen LogP) is 6.26. The van der Waals surface area contributed by atoms with Crippen LogP contribution in [0, 0.1) is 0 Å². The zero-order valence-electron chi connectivity index (χ0n) is 25.7. The molecule has 10 nitrogen and oxygen atoms in total. The van der Waals surface area contributed by atoms with Crippen LogP contribution in [0.15, 0.2) is 72.8 Å². The number of carbonyl (C=O) groups excluding carboxylic acids is 3. The van der Waals surface area contributed by atoms with E-state index >= 15 is 0 Å². The molecule has 0 radical (unpaired) electrons. The summed E-state index contributed by atoms with van der Waals surface area (Å²) in [6.45, 7) is 4.47. The molecule has 0 fully saturated rings. The Morgan fingerprint density at radius 2 is 1.52 bits per heavy atom. The minimum absolute atomic E-state index is 0.0705. The van der Waals surface area contributed by atoms with Gasteiger partial charge in [-0.25, -0.2) is 0 Å². The molecule has 10 heteroatoms. The molecular formula is C36H35N5O5. The molecule has 5 N–H and O–H groups in total. The van der Waals surface area contributed by atoms with Crippen molar-refractivity contribution in [1.82, 2.24) is 0 Å². The zero-order chi connectivity index (χ0) is 31.8. The molecule has 234 valence electrons. The predicted molar refractivity (Wildman–Crippen MR) is 180 cm³/mol. The van der Waals surface area contributed by atoms with Crippen molar-refractivity contribution in [2.45, 2.75) is 45.2 Å². The highest BCUT2D eigenvalue weighted by Gasteiger charge is 2.27. The topological polar surface area (TPSA) is 130 Å². The molecule has 3 heterocycles. The van der Waals surface area contributed by atoms with Gasteiger partial charge in [-0.2, -0.15) is 0 Å². The number of ether oxygens (including phenoxy) is 2. The highest BCUT2D eigenvalue weighted by Crippen LogP contribution is 2.42. The molecule has 0 bridgehead atoms. The van der Waals surface area contributed by atoms with Gasteiger partial charge in [-0.05, 0) is 72.5 Å². The summed E-state index contributed by atoms with van der Waals surface area (Å²) in [5.74, 6) is 1.10. The molecule has 0 aromatic heterocycles. The molecule has 3 aliphatic heterocycles. The number of carbonyl (C=O) groups is 3. The van der Waals surface area contributed by atoms with Crippen LogP contribution < -0.4 is 36.1 Å². The van der Waals surface area contributed by atoms with Crippen molar-refractivity contribution in [3.05, 3.63) is 78.4 Å². The van der Waals surface area contributed by atoms with Crippen LogP contribution in [0.3, 0.4) is 0 Å². The number of rotatable bonds is 5. The van der Waals surface area contributed by atoms with Gasteiger partial charge in [0.25, 0.3) is 0 Å². The van der Waals surface area contributed by atoms with Gasteiger partial charge in [0.2, 0.25) is 17.7 Å². The van der Waals surface area contributed by atoms with Crippen LogP contribution in [0.5, 0.6) is 11.5 Å². The average molecular weight is 618 g/mol. The Morgan fingerprint density at radius 1 is 0.783 bits per heavy atom. The number of nitrogens with one attached hydrogen (secondary N) is 5. The molecule has 0 unspecified atom stereocenters. The molecule has 2 atom stereocenters. The van der Waals surface area contributed by atoms with Crippen LogP contribution in [0.1, 0.15) is 32.3 Å². The van der Waals surface area contributed by atoms with Crippen molar-refractivity contribution in [2.75, 3.05) is 39.8 Å². The molecule has 3 aliphatic rings. The highest BCUT2D eigenvalue weighted by atomic mass is 16.6. The number of benzene rings is 4. The Hall–Kier alpha value is -5.51. The summed E-state index contributed by atoms with van der Waals surface area (Å²) in [7, 11) is 0. The first-order chi connectivity index (χ1) is 22.3. The summed E-state index contributed by atoms with van der Waals surface area (Å²) in [4.78, 5) is 37.7. The van der Waals surface area contributed by atoms with E-state index in [-0.39, 0.29) is 36.2 Å². The second kappa shape index (κ2) is 12.1. The minimum atomic E-state index is -0.246. The van der Waals surface area contributed by atoms with Crippen LogP contribution >= 0.6 is 0 Å². The molecule has 46 heavy (non-hydrogen) atoms. The number of amides is 3. The summed E-state index contributed by atoms with van der Waals surface area (Å²) >= 11 is 0. The minimum Gasteiger partial charge on any atom is -0.486 e. The first kappa shape index (κ1) is 29.2. The lowest BCUT2D eigenvalue weighted by Crippen LogP contribution is -2.25. The van der Waals surface area contributed by atoms with Crippen molar-refractivity contribution >= 4 is 46.2 Å². The molecule has 4 aromatic rings. The molecule has 0 aliphatic carbocycles. The van der Waals surface area contributed by atoms with Crippen molar-refractivity contribution in [1.29, 1.82) is 0 Å². The third kappa shape index (κ3) is 6.06. The van der Waals surface area contributed by atoms with E-state index in [1.54, 1.807) is 0 Å². The van der Waals surface area contributed by atoms with E-state index in [1.807, 2.05) is 73.7 Å². The first-order valence-electron chi connectivity index (χ1n) is 15.5. The van der Waals surface area contributed by atoms with Crippen LogP contribution in [0.25, 0.3) is 22.3 Å². The molecule has 0 saturated heterocycles. The molecular weight excluding hydrogens is 582 g/mol. The fourth-order valence-corrected chi connectivity index (χ4v) is 6.40. The molecule has 0 saturated carbocycles. The molecule has 3 amide bonds. The van der Waals surface area contributed by atoms with Gasteiger partial charge in [0.15, 0.2) is 11.5 Å². The van der Waals surface area contributed by atoms with Crippen molar-refractivity contribution in [3.8, 4) is 33.8 Å². The largest absolute Gasteiger partial charge is 0.486 e. The Bertz CT molecular complexity index is 1870. The van der Waals surface area contributed by atoms with E-state index in [4.69, 9.17) is 9.47 Å². The third-order valence-electron chi connectivity index (χ3n) is 8.30. The summed E-state index contributed by atoms with van der Waals surface area (Å²) in [5, 5.41) is 16.2. The molecule has 4 aromatic carbocycles. The quantitative estimate of drug-likeness (QED) is 0.179. The fraction of sp³-hybridized carbons (Fsp3) is 0.250. The SMILES string of the molecule is CC(=O)Nc1cccc(-c2cc(C[C@@H]3CC(=O)Nc4cccc(-c5ccc6c(c5)OCCO6)c4N3)cc3c2N[C@H](C)CC(=O)N3)c1. The van der Waals surface area contributed by atoms with Crippen molar-refractivity contribution < 1.29 is 23.9 Å². The summed E-state index contributed by atoms with van der Waals surface area (Å²) in [6, 6.07) is 23.1. The summed E-state index contributed by atoms with van der Waals surface area (Å²) < 4.78 is 11.6. The Kier molecular flexibility index (Phi) is 7.69. The standard InChI is InChI=1S/C36H35N5O5/c1-20-13-33(43)41-30-16-22(15-28(36(30)37-20)23-5-3-6-25(17-23)38-21(2)42)14-26-19-34(44)40-29-8-4-7-27(35(29)39-26)24-9-10-31-32(18-24)46-12-11-45-31/h3-10,15-18,20,26,37,39H,11-14,19H2,1-2H3,(H,38,42)(H,40,44)(H,41,43)/t20-,26-/m1/s1. The fourth-order valence-electron chi connectivity index (χ4n) is 6.40. The van der Waals surface area contributed by atoms with E-state index in [1.165, 1.54) is 6.92 Å². The van der Waals surface area contributed by atoms with Gasteiger partial charge < -0.3 is 36.1 Å². The second-order valence-electron chi connectivity index (χ2n) is 12.0. The number of anilines is 5. The second-order valence-corrected chi connectivity index (χ2v) is 12.0. The van der Waals surface area contributed by atoms with Crippen molar-refractivity contribution in [3.63, 3.8) is 0 Å². The Morgan fingerprint density at radius 3 is 2.37 bits per heavy atom. The Balaban J connectivity index is 1.26. The maximum Gasteiger partial charge on any atom is 0.226 e. The van der Waals surface area contributed by atoms with Crippen LogP contribution in [-0.4, -0.2) is 43.0 Å². The monoisotopic (exact) mass is 617 g/mol. The van der Waals surface area contributed by atoms with Gasteiger partial charge in [-0.3, -0.25) is 14.4 Å². The molecule has 7 rings (SSSR count). The van der Waals surface area contributed by atoms with Gasteiger partial charge in [0.1, 0.15) is 13.2 Å². The lowest BCUT2D eigenvalue weighted by Gasteiger charge is -2.23. The lowest BCUT2D eigenvalue weighted by atomic mass is 9.94. The number of para-hydroxylation sites is 1. The third-order valence-corrected chi connectivity index (χ3v) is 8.30. The Labute approximate surface area is 266 Å². The van der Waals surface area contributed by atoms with E-state index in [0.717, 1.165) is 39.2 Å². The van der Waals surface area contributed by atoms with E-state index in [2.05, 4.69) is 32.7 Å². The van der Waals surface area contributed by atoms with Gasteiger partial charge in [-0.1, -0.05) is 30.3 Å². The number of hydrogen-bond acceptors (Lipinski definition) is 7. The van der Waals surface area contributed by atoms with Crippen molar-refractivity contribution in [2.24, 2.45) is 0 Å². The number of fused-ring (bicyclic) bond motifs is 3. The van der Waals surface area contributed by atoms with Gasteiger partial charge in [0, 0.05) is 48.7 Å². The maximum absolute atomic E-state index is 13.2. The summed E-state index contributed by atoms with van der Waals surface area (Å²) in [5.41, 5.74) is 8.33. The van der Waals surface area contributed by atoms with Gasteiger partial charge in [-0.15, -0.1) is 0 Å². The maximum atomic E-state index is 13.2. The zero-order valence-corrected chi connectivity index (χ0v) is 25.7. The van der Waals surface area contributed by atoms with Gasteiger partial charge >= 0.3 is 0 Å².